The average Bonchev–Trinajstić information content (AvgIpc) is 2.99. The molecular weight excluding hydrogens is 258 g/mol. The van der Waals surface area contributed by atoms with E-state index in [0.717, 1.165) is 6.42 Å². The molecule has 1 aliphatic rings. The van der Waals surface area contributed by atoms with Crippen molar-refractivity contribution < 1.29 is 14.1 Å². The average molecular weight is 281 g/mol. The summed E-state index contributed by atoms with van der Waals surface area (Å²) in [5.41, 5.74) is 0.377. The van der Waals surface area contributed by atoms with Gasteiger partial charge in [0.15, 0.2) is 11.5 Å². The number of rotatable bonds is 5. The highest BCUT2D eigenvalue weighted by Crippen LogP contribution is 2.19. The summed E-state index contributed by atoms with van der Waals surface area (Å²) < 4.78 is 10.6. The van der Waals surface area contributed by atoms with Crippen molar-refractivity contribution in [2.75, 3.05) is 27.3 Å². The molecule has 1 aromatic heterocycles. The van der Waals surface area contributed by atoms with Crippen molar-refractivity contribution >= 4 is 5.91 Å². The summed E-state index contributed by atoms with van der Waals surface area (Å²) in [4.78, 5) is 16.4. The third kappa shape index (κ3) is 3.37. The number of hydrogen-bond acceptors (Lipinski definition) is 5. The Morgan fingerprint density at radius 2 is 2.25 bits per heavy atom. The minimum Gasteiger partial charge on any atom is -0.379 e. The number of hydrogen-bond donors (Lipinski definition) is 0. The van der Waals surface area contributed by atoms with Crippen molar-refractivity contribution in [3.63, 3.8) is 0 Å². The molecule has 1 atom stereocenters. The van der Waals surface area contributed by atoms with Crippen LogP contribution >= 0.6 is 0 Å². The Labute approximate surface area is 119 Å². The van der Waals surface area contributed by atoms with Gasteiger partial charge in [-0.15, -0.1) is 0 Å². The van der Waals surface area contributed by atoms with E-state index in [1.807, 2.05) is 37.7 Å². The third-order valence-corrected chi connectivity index (χ3v) is 3.34. The number of carbonyl (C=O) groups is 1. The minimum absolute atomic E-state index is 0.0794. The molecule has 0 saturated carbocycles. The second-order valence-electron chi connectivity index (χ2n) is 5.74. The molecule has 1 aliphatic heterocycles. The molecule has 112 valence electrons. The maximum Gasteiger partial charge on any atom is 0.276 e. The SMILES string of the molecule is CC(C)N(C(=O)c1cc(CN(C)C)on1)C1CCOC1. The van der Waals surface area contributed by atoms with E-state index in [2.05, 4.69) is 5.16 Å². The number of aromatic nitrogens is 1. The molecule has 6 nitrogen and oxygen atoms in total. The van der Waals surface area contributed by atoms with Gasteiger partial charge in [0.2, 0.25) is 0 Å². The topological polar surface area (TPSA) is 58.8 Å². The largest absolute Gasteiger partial charge is 0.379 e. The van der Waals surface area contributed by atoms with Gasteiger partial charge in [-0.25, -0.2) is 0 Å². The zero-order valence-electron chi connectivity index (χ0n) is 12.6. The van der Waals surface area contributed by atoms with Crippen LogP contribution in [0.1, 0.15) is 36.5 Å². The van der Waals surface area contributed by atoms with Crippen LogP contribution < -0.4 is 0 Å². The first kappa shape index (κ1) is 15.0. The first-order valence-corrected chi connectivity index (χ1v) is 6.99. The molecule has 0 N–H and O–H groups in total. The van der Waals surface area contributed by atoms with Crippen LogP contribution in [0.2, 0.25) is 0 Å². The Hall–Kier alpha value is -1.40. The van der Waals surface area contributed by atoms with E-state index in [1.54, 1.807) is 6.07 Å². The van der Waals surface area contributed by atoms with Crippen LogP contribution in [-0.4, -0.2) is 60.3 Å². The Morgan fingerprint density at radius 3 is 2.80 bits per heavy atom. The van der Waals surface area contributed by atoms with Gasteiger partial charge in [-0.05, 0) is 34.4 Å². The van der Waals surface area contributed by atoms with Crippen molar-refractivity contribution in [2.45, 2.75) is 38.9 Å². The van der Waals surface area contributed by atoms with Gasteiger partial charge in [0, 0.05) is 18.7 Å². The minimum atomic E-state index is -0.0794. The predicted molar refractivity (Wildman–Crippen MR) is 74.4 cm³/mol. The second-order valence-corrected chi connectivity index (χ2v) is 5.74. The lowest BCUT2D eigenvalue weighted by Gasteiger charge is -2.31. The van der Waals surface area contributed by atoms with Crippen molar-refractivity contribution in [3.8, 4) is 0 Å². The molecule has 20 heavy (non-hydrogen) atoms. The van der Waals surface area contributed by atoms with Gasteiger partial charge in [0.25, 0.3) is 5.91 Å². The van der Waals surface area contributed by atoms with E-state index in [9.17, 15) is 4.79 Å². The summed E-state index contributed by atoms with van der Waals surface area (Å²) in [6.07, 6.45) is 0.881. The zero-order valence-corrected chi connectivity index (χ0v) is 12.6. The third-order valence-electron chi connectivity index (χ3n) is 3.34. The molecule has 0 bridgehead atoms. The molecule has 1 aromatic rings. The molecule has 0 radical (unpaired) electrons. The van der Waals surface area contributed by atoms with Crippen LogP contribution in [0.5, 0.6) is 0 Å². The van der Waals surface area contributed by atoms with Crippen LogP contribution in [-0.2, 0) is 11.3 Å². The van der Waals surface area contributed by atoms with Gasteiger partial charge >= 0.3 is 0 Å². The summed E-state index contributed by atoms with van der Waals surface area (Å²) in [6.45, 7) is 5.97. The van der Waals surface area contributed by atoms with Crippen molar-refractivity contribution in [1.82, 2.24) is 15.0 Å². The standard InChI is InChI=1S/C14H23N3O3/c1-10(2)17(11-5-6-19-9-11)14(18)13-7-12(20-15-13)8-16(3)4/h7,10-11H,5-6,8-9H2,1-4H3. The summed E-state index contributed by atoms with van der Waals surface area (Å²) >= 11 is 0. The Bertz CT molecular complexity index is 450. The highest BCUT2D eigenvalue weighted by atomic mass is 16.5. The Balaban J connectivity index is 2.12. The molecule has 0 aromatic carbocycles. The van der Waals surface area contributed by atoms with E-state index in [1.165, 1.54) is 0 Å². The van der Waals surface area contributed by atoms with E-state index in [-0.39, 0.29) is 18.0 Å². The fourth-order valence-corrected chi connectivity index (χ4v) is 2.50. The molecule has 0 spiro atoms. The van der Waals surface area contributed by atoms with Crippen LogP contribution in [0.25, 0.3) is 0 Å². The summed E-state index contributed by atoms with van der Waals surface area (Å²) in [5.74, 6) is 0.619. The smallest absolute Gasteiger partial charge is 0.276 e. The second kappa shape index (κ2) is 6.37. The zero-order chi connectivity index (χ0) is 14.7. The van der Waals surface area contributed by atoms with Crippen molar-refractivity contribution in [1.29, 1.82) is 0 Å². The van der Waals surface area contributed by atoms with Gasteiger partial charge < -0.3 is 19.1 Å². The lowest BCUT2D eigenvalue weighted by molar-refractivity contribution is 0.0571. The van der Waals surface area contributed by atoms with E-state index >= 15 is 0 Å². The van der Waals surface area contributed by atoms with Crippen molar-refractivity contribution in [2.24, 2.45) is 0 Å². The molecular formula is C14H23N3O3. The highest BCUT2D eigenvalue weighted by Gasteiger charge is 2.31. The molecule has 1 fully saturated rings. The van der Waals surface area contributed by atoms with E-state index in [4.69, 9.17) is 9.26 Å². The van der Waals surface area contributed by atoms with Crippen LogP contribution in [0, 0.1) is 0 Å². The summed E-state index contributed by atoms with van der Waals surface area (Å²) in [5, 5.41) is 3.91. The van der Waals surface area contributed by atoms with Gasteiger partial charge in [-0.2, -0.15) is 0 Å². The maximum atomic E-state index is 12.6. The van der Waals surface area contributed by atoms with Crippen LogP contribution in [0.3, 0.4) is 0 Å². The molecule has 6 heteroatoms. The Morgan fingerprint density at radius 1 is 1.50 bits per heavy atom. The van der Waals surface area contributed by atoms with Gasteiger partial charge in [0.05, 0.1) is 19.2 Å². The maximum absolute atomic E-state index is 12.6. The van der Waals surface area contributed by atoms with Crippen LogP contribution in [0.15, 0.2) is 10.6 Å². The van der Waals surface area contributed by atoms with Crippen molar-refractivity contribution in [3.05, 3.63) is 17.5 Å². The highest BCUT2D eigenvalue weighted by molar-refractivity contribution is 5.92. The molecule has 1 saturated heterocycles. The molecule has 0 aliphatic carbocycles. The number of amides is 1. The fourth-order valence-electron chi connectivity index (χ4n) is 2.50. The molecule has 2 heterocycles. The monoisotopic (exact) mass is 281 g/mol. The Kier molecular flexibility index (Phi) is 4.77. The van der Waals surface area contributed by atoms with E-state index < -0.39 is 0 Å². The summed E-state index contributed by atoms with van der Waals surface area (Å²) in [7, 11) is 3.89. The molecule has 1 amide bonds. The lowest BCUT2D eigenvalue weighted by Crippen LogP contribution is -2.45. The molecule has 2 rings (SSSR count). The number of nitrogens with zero attached hydrogens (tertiary/aromatic N) is 3. The first-order chi connectivity index (χ1) is 9.49. The molecule has 1 unspecified atom stereocenters. The van der Waals surface area contributed by atoms with Crippen LogP contribution in [0.4, 0.5) is 0 Å². The van der Waals surface area contributed by atoms with Gasteiger partial charge in [-0.3, -0.25) is 4.79 Å². The summed E-state index contributed by atoms with van der Waals surface area (Å²) in [6, 6.07) is 1.98. The predicted octanol–water partition coefficient (Wildman–Crippen LogP) is 1.38. The lowest BCUT2D eigenvalue weighted by atomic mass is 10.1. The normalized spacial score (nSPS) is 19.0. The van der Waals surface area contributed by atoms with E-state index in [0.29, 0.717) is 31.2 Å². The number of ether oxygens (including phenoxy) is 1. The van der Waals surface area contributed by atoms with Gasteiger partial charge in [0.1, 0.15) is 0 Å². The fraction of sp³-hybridized carbons (Fsp3) is 0.714. The first-order valence-electron chi connectivity index (χ1n) is 6.99. The van der Waals surface area contributed by atoms with Gasteiger partial charge in [-0.1, -0.05) is 5.16 Å². The number of carbonyl (C=O) groups excluding carboxylic acids is 1. The quantitative estimate of drug-likeness (QED) is 0.816.